The van der Waals surface area contributed by atoms with Gasteiger partial charge in [-0.25, -0.2) is 4.99 Å². The highest BCUT2D eigenvalue weighted by atomic mass is 15.0. The highest BCUT2D eigenvalue weighted by Gasteiger charge is 2.04. The van der Waals surface area contributed by atoms with Gasteiger partial charge in [0, 0.05) is 17.5 Å². The maximum atomic E-state index is 4.20. The van der Waals surface area contributed by atoms with Crippen molar-refractivity contribution in [3.8, 4) is 0 Å². The molecule has 0 aromatic heterocycles. The molecule has 1 aromatic rings. The van der Waals surface area contributed by atoms with E-state index in [1.807, 2.05) is 25.3 Å². The summed E-state index contributed by atoms with van der Waals surface area (Å²) in [4.78, 5) is 4.20. The molecule has 1 N–H and O–H groups in total. The van der Waals surface area contributed by atoms with Crippen LogP contribution in [0.15, 0.2) is 29.4 Å². The monoisotopic (exact) mass is 172 g/mol. The van der Waals surface area contributed by atoms with Gasteiger partial charge in [-0.3, -0.25) is 0 Å². The van der Waals surface area contributed by atoms with Crippen LogP contribution in [0.4, 0.5) is 5.69 Å². The Morgan fingerprint density at radius 2 is 2.08 bits per heavy atom. The number of nitrogens with one attached hydrogen (secondary N) is 1. The van der Waals surface area contributed by atoms with Crippen molar-refractivity contribution >= 4 is 17.6 Å². The Balaban J connectivity index is 2.56. The smallest absolute Gasteiger partial charge is 0.103 e. The van der Waals surface area contributed by atoms with Crippen LogP contribution >= 0.6 is 0 Å². The van der Waals surface area contributed by atoms with Gasteiger partial charge in [-0.15, -0.1) is 0 Å². The fraction of sp³-hybridized carbons (Fsp3) is 0.182. The number of fused-ring (bicyclic) bond motifs is 1. The number of nitrogens with zero attached hydrogens (tertiary/aromatic N) is 1. The van der Waals surface area contributed by atoms with E-state index in [2.05, 4.69) is 29.4 Å². The van der Waals surface area contributed by atoms with Crippen LogP contribution in [-0.2, 0) is 0 Å². The fourth-order valence-corrected chi connectivity index (χ4v) is 1.46. The highest BCUT2D eigenvalue weighted by Crippen LogP contribution is 2.22. The number of amidine groups is 1. The first kappa shape index (κ1) is 8.05. The number of aliphatic imine (C=N–C) groups is 1. The topological polar surface area (TPSA) is 24.4 Å². The first-order chi connectivity index (χ1) is 6.27. The van der Waals surface area contributed by atoms with E-state index in [0.29, 0.717) is 0 Å². The van der Waals surface area contributed by atoms with E-state index in [1.54, 1.807) is 0 Å². The van der Waals surface area contributed by atoms with Crippen LogP contribution in [0.25, 0.3) is 6.08 Å². The van der Waals surface area contributed by atoms with Crippen molar-refractivity contribution in [2.45, 2.75) is 13.8 Å². The molecule has 2 rings (SSSR count). The summed E-state index contributed by atoms with van der Waals surface area (Å²) in [6.07, 6.45) is 3.87. The third kappa shape index (κ3) is 1.47. The molecule has 1 aliphatic rings. The maximum absolute atomic E-state index is 4.20. The summed E-state index contributed by atoms with van der Waals surface area (Å²) in [7, 11) is 0. The molecule has 0 fully saturated rings. The van der Waals surface area contributed by atoms with Crippen molar-refractivity contribution in [1.82, 2.24) is 0 Å². The van der Waals surface area contributed by atoms with Gasteiger partial charge in [-0.2, -0.15) is 0 Å². The molecule has 66 valence electrons. The first-order valence-electron chi connectivity index (χ1n) is 4.35. The van der Waals surface area contributed by atoms with E-state index in [4.69, 9.17) is 0 Å². The van der Waals surface area contributed by atoms with Gasteiger partial charge >= 0.3 is 0 Å². The largest absolute Gasteiger partial charge is 0.344 e. The third-order valence-electron chi connectivity index (χ3n) is 2.15. The van der Waals surface area contributed by atoms with E-state index >= 15 is 0 Å². The van der Waals surface area contributed by atoms with E-state index in [0.717, 1.165) is 11.5 Å². The van der Waals surface area contributed by atoms with Gasteiger partial charge in [0.05, 0.1) is 0 Å². The van der Waals surface area contributed by atoms with Crippen molar-refractivity contribution in [2.75, 3.05) is 5.32 Å². The van der Waals surface area contributed by atoms with E-state index < -0.39 is 0 Å². The minimum atomic E-state index is 0.931. The second-order valence-corrected chi connectivity index (χ2v) is 3.19. The number of hydrogen-bond donors (Lipinski definition) is 1. The molecule has 0 saturated heterocycles. The zero-order chi connectivity index (χ0) is 9.26. The summed E-state index contributed by atoms with van der Waals surface area (Å²) in [6, 6.07) is 6.22. The van der Waals surface area contributed by atoms with Crippen LogP contribution in [0.2, 0.25) is 0 Å². The van der Waals surface area contributed by atoms with E-state index in [1.165, 1.54) is 11.1 Å². The Morgan fingerprint density at radius 3 is 2.92 bits per heavy atom. The Hall–Kier alpha value is -1.57. The number of hydrogen-bond acceptors (Lipinski definition) is 2. The second-order valence-electron chi connectivity index (χ2n) is 3.19. The highest BCUT2D eigenvalue weighted by molar-refractivity contribution is 5.97. The first-order valence-corrected chi connectivity index (χ1v) is 4.35. The summed E-state index contributed by atoms with van der Waals surface area (Å²) < 4.78 is 0. The van der Waals surface area contributed by atoms with Gasteiger partial charge in [-0.05, 0) is 31.6 Å². The van der Waals surface area contributed by atoms with Gasteiger partial charge in [0.2, 0.25) is 0 Å². The summed E-state index contributed by atoms with van der Waals surface area (Å²) >= 11 is 0. The molecule has 0 bridgehead atoms. The van der Waals surface area contributed by atoms with Crippen LogP contribution in [0.5, 0.6) is 0 Å². The molecule has 0 amide bonds. The van der Waals surface area contributed by atoms with Gasteiger partial charge in [-0.1, -0.05) is 12.1 Å². The average Bonchev–Trinajstić information content (AvgIpc) is 2.27. The summed E-state index contributed by atoms with van der Waals surface area (Å²) in [6.45, 7) is 4.06. The molecule has 1 aliphatic heterocycles. The number of anilines is 1. The van der Waals surface area contributed by atoms with Crippen LogP contribution < -0.4 is 5.32 Å². The molecule has 0 spiro atoms. The van der Waals surface area contributed by atoms with Crippen molar-refractivity contribution in [1.29, 1.82) is 0 Å². The van der Waals surface area contributed by atoms with Gasteiger partial charge in [0.1, 0.15) is 5.84 Å². The Kier molecular flexibility index (Phi) is 1.89. The lowest BCUT2D eigenvalue weighted by molar-refractivity contribution is 1.44. The molecule has 0 atom stereocenters. The molecule has 0 aliphatic carbocycles. The molecule has 0 unspecified atom stereocenters. The quantitative estimate of drug-likeness (QED) is 0.639. The predicted molar refractivity (Wildman–Crippen MR) is 56.9 cm³/mol. The molecule has 1 heterocycles. The van der Waals surface area contributed by atoms with Crippen LogP contribution in [0.1, 0.15) is 18.1 Å². The summed E-state index contributed by atoms with van der Waals surface area (Å²) in [5.74, 6) is 0.931. The van der Waals surface area contributed by atoms with Gasteiger partial charge in [0.25, 0.3) is 0 Å². The van der Waals surface area contributed by atoms with Crippen molar-refractivity contribution in [3.63, 3.8) is 0 Å². The number of rotatable bonds is 0. The van der Waals surface area contributed by atoms with Crippen LogP contribution in [0, 0.1) is 6.92 Å². The summed E-state index contributed by atoms with van der Waals surface area (Å²) in [5.41, 5.74) is 3.63. The van der Waals surface area contributed by atoms with E-state index in [-0.39, 0.29) is 0 Å². The van der Waals surface area contributed by atoms with Gasteiger partial charge < -0.3 is 5.32 Å². The lowest BCUT2D eigenvalue weighted by Gasteiger charge is -2.08. The standard InChI is InChI=1S/C11H12N2/c1-8-4-3-5-11-10(8)6-7-12-9(2)13-11/h3-7H,1-2H3,(H,12,13). The molecule has 13 heavy (non-hydrogen) atoms. The SMILES string of the molecule is CC1=NC=Cc2c(C)cccc2N1. The lowest BCUT2D eigenvalue weighted by atomic mass is 10.1. The van der Waals surface area contributed by atoms with Gasteiger partial charge in [0.15, 0.2) is 0 Å². The van der Waals surface area contributed by atoms with Crippen molar-refractivity contribution in [2.24, 2.45) is 4.99 Å². The predicted octanol–water partition coefficient (Wildman–Crippen LogP) is 2.81. The Labute approximate surface area is 78.0 Å². The average molecular weight is 172 g/mol. The van der Waals surface area contributed by atoms with Crippen molar-refractivity contribution in [3.05, 3.63) is 35.5 Å². The summed E-state index contributed by atoms with van der Waals surface area (Å²) in [5, 5.41) is 3.25. The molecule has 2 nitrogen and oxygen atoms in total. The minimum absolute atomic E-state index is 0.931. The molecule has 0 radical (unpaired) electrons. The second kappa shape index (κ2) is 3.05. The molecular formula is C11H12N2. The zero-order valence-electron chi connectivity index (χ0n) is 7.83. The molecule has 0 saturated carbocycles. The third-order valence-corrected chi connectivity index (χ3v) is 2.15. The minimum Gasteiger partial charge on any atom is -0.344 e. The molecule has 2 heteroatoms. The van der Waals surface area contributed by atoms with Crippen LogP contribution in [-0.4, -0.2) is 5.84 Å². The zero-order valence-corrected chi connectivity index (χ0v) is 7.83. The number of benzene rings is 1. The van der Waals surface area contributed by atoms with E-state index in [9.17, 15) is 0 Å². The molecular weight excluding hydrogens is 160 g/mol. The van der Waals surface area contributed by atoms with Crippen molar-refractivity contribution < 1.29 is 0 Å². The molecule has 1 aromatic carbocycles. The normalized spacial score (nSPS) is 14.2. The Bertz CT molecular complexity index is 389. The Morgan fingerprint density at radius 1 is 1.23 bits per heavy atom. The maximum Gasteiger partial charge on any atom is 0.103 e. The van der Waals surface area contributed by atoms with Crippen LogP contribution in [0.3, 0.4) is 0 Å². The fourth-order valence-electron chi connectivity index (χ4n) is 1.46. The number of aryl methyl sites for hydroxylation is 1. The lowest BCUT2D eigenvalue weighted by Crippen LogP contribution is -2.06.